The van der Waals surface area contributed by atoms with Crippen LogP contribution in [0.3, 0.4) is 0 Å². The Balaban J connectivity index is 1.74. The predicted octanol–water partition coefficient (Wildman–Crippen LogP) is 1.47. The van der Waals surface area contributed by atoms with Gasteiger partial charge in [0, 0.05) is 5.41 Å². The van der Waals surface area contributed by atoms with Crippen molar-refractivity contribution in [2.75, 3.05) is 6.61 Å². The fourth-order valence-electron chi connectivity index (χ4n) is 5.06. The van der Waals surface area contributed by atoms with Crippen LogP contribution in [0.15, 0.2) is 12.1 Å². The molecule has 1 spiro atoms. The number of rotatable bonds is 2. The number of aromatic hydroxyl groups is 2. The van der Waals surface area contributed by atoms with Gasteiger partial charge in [-0.25, -0.2) is 0 Å². The van der Waals surface area contributed by atoms with Crippen molar-refractivity contribution in [2.45, 2.75) is 37.7 Å². The molecule has 3 aliphatic carbocycles. The van der Waals surface area contributed by atoms with Crippen molar-refractivity contribution in [2.24, 2.45) is 17.8 Å². The van der Waals surface area contributed by atoms with Crippen LogP contribution < -0.4 is 0 Å². The zero-order valence-corrected chi connectivity index (χ0v) is 12.5. The van der Waals surface area contributed by atoms with E-state index >= 15 is 0 Å². The number of phenols is 2. The molecule has 1 aromatic carbocycles. The summed E-state index contributed by atoms with van der Waals surface area (Å²) in [7, 11) is 0. The van der Waals surface area contributed by atoms with Crippen LogP contribution in [0.2, 0.25) is 0 Å². The van der Waals surface area contributed by atoms with E-state index in [1.165, 1.54) is 6.07 Å². The number of aliphatic hydroxyl groups excluding tert-OH is 1. The maximum atomic E-state index is 12.1. The molecule has 2 saturated carbocycles. The lowest BCUT2D eigenvalue weighted by Gasteiger charge is -2.32. The summed E-state index contributed by atoms with van der Waals surface area (Å²) >= 11 is 0. The van der Waals surface area contributed by atoms with Gasteiger partial charge in [-0.15, -0.1) is 0 Å². The molecule has 5 heteroatoms. The molecule has 2 fully saturated rings. The van der Waals surface area contributed by atoms with Crippen LogP contribution in [0.25, 0.3) is 0 Å². The molecule has 0 aromatic heterocycles. The van der Waals surface area contributed by atoms with E-state index in [9.17, 15) is 20.1 Å². The van der Waals surface area contributed by atoms with Crippen molar-refractivity contribution in [3.63, 3.8) is 0 Å². The summed E-state index contributed by atoms with van der Waals surface area (Å²) < 4.78 is 5.16. The summed E-state index contributed by atoms with van der Waals surface area (Å²) in [6.07, 6.45) is 1.60. The third-order valence-corrected chi connectivity index (χ3v) is 5.92. The quantitative estimate of drug-likeness (QED) is 0.569. The number of aliphatic hydroxyl groups is 1. The van der Waals surface area contributed by atoms with Gasteiger partial charge in [-0.2, -0.15) is 0 Å². The van der Waals surface area contributed by atoms with Crippen LogP contribution in [-0.2, 0) is 21.4 Å². The molecule has 0 radical (unpaired) electrons. The first-order valence-electron chi connectivity index (χ1n) is 7.90. The molecular formula is C17H20O5. The number of phenolic OH excluding ortho intramolecular Hbond substituents is 2. The molecule has 0 amide bonds. The lowest BCUT2D eigenvalue weighted by atomic mass is 9.74. The smallest absolute Gasteiger partial charge is 0.309 e. The molecule has 0 saturated heterocycles. The molecule has 118 valence electrons. The molecule has 3 N–H and O–H groups in total. The highest BCUT2D eigenvalue weighted by Gasteiger charge is 2.72. The van der Waals surface area contributed by atoms with Gasteiger partial charge in [0.15, 0.2) is 11.5 Å². The fourth-order valence-corrected chi connectivity index (χ4v) is 5.06. The number of fused-ring (bicyclic) bond motifs is 4. The van der Waals surface area contributed by atoms with E-state index in [-0.39, 0.29) is 35.2 Å². The Morgan fingerprint density at radius 3 is 2.82 bits per heavy atom. The number of ether oxygens (including phenoxy) is 1. The zero-order chi connectivity index (χ0) is 15.6. The Labute approximate surface area is 128 Å². The SMILES string of the molecule is CCOC(=O)C1C2CC[C@]3(c4cc(O)c(O)cc4C[C@H]3O)C21. The van der Waals surface area contributed by atoms with Crippen LogP contribution in [0.5, 0.6) is 11.5 Å². The van der Waals surface area contributed by atoms with E-state index in [0.29, 0.717) is 13.0 Å². The molecule has 22 heavy (non-hydrogen) atoms. The average molecular weight is 304 g/mol. The van der Waals surface area contributed by atoms with Gasteiger partial charge in [0.1, 0.15) is 0 Å². The highest BCUT2D eigenvalue weighted by Crippen LogP contribution is 2.70. The number of hydrogen-bond acceptors (Lipinski definition) is 5. The zero-order valence-electron chi connectivity index (χ0n) is 12.5. The standard InChI is InChI=1S/C17H20O5/c1-2-22-16(21)14-9-3-4-17(15(9)14)10-7-12(19)11(18)5-8(10)6-13(17)20/h5,7,9,13-15,18-20H,2-4,6H2,1H3/t9?,13-,14?,15?,17-/m1/s1. The molecule has 5 nitrogen and oxygen atoms in total. The molecule has 4 rings (SSSR count). The minimum absolute atomic E-state index is 0.0896. The van der Waals surface area contributed by atoms with Crippen molar-refractivity contribution >= 4 is 5.97 Å². The molecule has 3 unspecified atom stereocenters. The van der Waals surface area contributed by atoms with Gasteiger partial charge in [-0.05, 0) is 61.3 Å². The lowest BCUT2D eigenvalue weighted by molar-refractivity contribution is -0.146. The van der Waals surface area contributed by atoms with Crippen molar-refractivity contribution in [1.29, 1.82) is 0 Å². The van der Waals surface area contributed by atoms with Crippen molar-refractivity contribution < 1.29 is 24.9 Å². The van der Waals surface area contributed by atoms with Crippen LogP contribution in [0.4, 0.5) is 0 Å². The minimum atomic E-state index is -0.571. The molecule has 3 aliphatic rings. The Bertz CT molecular complexity index is 655. The van der Waals surface area contributed by atoms with Gasteiger partial charge in [-0.1, -0.05) is 0 Å². The summed E-state index contributed by atoms with van der Waals surface area (Å²) in [4.78, 5) is 12.1. The van der Waals surface area contributed by atoms with Gasteiger partial charge < -0.3 is 20.1 Å². The minimum Gasteiger partial charge on any atom is -0.504 e. The van der Waals surface area contributed by atoms with Gasteiger partial charge in [0.25, 0.3) is 0 Å². The number of esters is 1. The van der Waals surface area contributed by atoms with Gasteiger partial charge in [0.2, 0.25) is 0 Å². The molecule has 0 bridgehead atoms. The first-order valence-corrected chi connectivity index (χ1v) is 7.90. The van der Waals surface area contributed by atoms with Crippen LogP contribution >= 0.6 is 0 Å². The van der Waals surface area contributed by atoms with E-state index in [1.54, 1.807) is 13.0 Å². The van der Waals surface area contributed by atoms with Crippen LogP contribution in [0, 0.1) is 17.8 Å². The van der Waals surface area contributed by atoms with Gasteiger partial charge in [0.05, 0.1) is 18.6 Å². The predicted molar refractivity (Wildman–Crippen MR) is 77.5 cm³/mol. The highest BCUT2D eigenvalue weighted by atomic mass is 16.5. The number of carbonyl (C=O) groups excluding carboxylic acids is 1. The van der Waals surface area contributed by atoms with E-state index in [1.807, 2.05) is 0 Å². The Morgan fingerprint density at radius 2 is 2.09 bits per heavy atom. The van der Waals surface area contributed by atoms with E-state index in [2.05, 4.69) is 0 Å². The second-order valence-corrected chi connectivity index (χ2v) is 6.76. The van der Waals surface area contributed by atoms with E-state index in [4.69, 9.17) is 4.74 Å². The summed E-state index contributed by atoms with van der Waals surface area (Å²) in [5, 5.41) is 30.2. The highest BCUT2D eigenvalue weighted by molar-refractivity contribution is 5.78. The fraction of sp³-hybridized carbons (Fsp3) is 0.588. The Kier molecular flexibility index (Phi) is 2.77. The van der Waals surface area contributed by atoms with Crippen molar-refractivity contribution in [3.05, 3.63) is 23.3 Å². The van der Waals surface area contributed by atoms with E-state index < -0.39 is 11.5 Å². The molecular weight excluding hydrogens is 284 g/mol. The maximum Gasteiger partial charge on any atom is 0.309 e. The van der Waals surface area contributed by atoms with Gasteiger partial charge >= 0.3 is 5.97 Å². The first-order chi connectivity index (χ1) is 10.5. The molecule has 5 atom stereocenters. The third kappa shape index (κ3) is 1.55. The molecule has 1 aromatic rings. The number of hydrogen-bond donors (Lipinski definition) is 3. The largest absolute Gasteiger partial charge is 0.504 e. The van der Waals surface area contributed by atoms with Crippen molar-refractivity contribution in [3.8, 4) is 11.5 Å². The normalized spacial score (nSPS) is 37.9. The van der Waals surface area contributed by atoms with Crippen LogP contribution in [-0.4, -0.2) is 34.0 Å². The number of benzene rings is 1. The van der Waals surface area contributed by atoms with Crippen LogP contribution in [0.1, 0.15) is 30.9 Å². The Morgan fingerprint density at radius 1 is 1.36 bits per heavy atom. The monoisotopic (exact) mass is 304 g/mol. The second-order valence-electron chi connectivity index (χ2n) is 6.76. The average Bonchev–Trinajstić information content (AvgIpc) is 2.99. The summed E-state index contributed by atoms with van der Waals surface area (Å²) in [5.41, 5.74) is 1.30. The molecule has 0 aliphatic heterocycles. The van der Waals surface area contributed by atoms with Gasteiger partial charge in [-0.3, -0.25) is 4.79 Å². The maximum absolute atomic E-state index is 12.1. The topological polar surface area (TPSA) is 87.0 Å². The number of carbonyl (C=O) groups is 1. The summed E-state index contributed by atoms with van der Waals surface area (Å²) in [5.74, 6) is -0.257. The Hall–Kier alpha value is -1.75. The molecule has 0 heterocycles. The second kappa shape index (κ2) is 4.38. The first kappa shape index (κ1) is 13.9. The summed E-state index contributed by atoms with van der Waals surface area (Å²) in [6, 6.07) is 3.11. The lowest BCUT2D eigenvalue weighted by Crippen LogP contribution is -2.38. The third-order valence-electron chi connectivity index (χ3n) is 5.92. The van der Waals surface area contributed by atoms with E-state index in [0.717, 1.165) is 24.0 Å². The van der Waals surface area contributed by atoms with Crippen molar-refractivity contribution in [1.82, 2.24) is 0 Å². The summed E-state index contributed by atoms with van der Waals surface area (Å²) in [6.45, 7) is 2.17.